The average molecular weight is 450 g/mol. The molecule has 2 heterocycles. The zero-order valence-electron chi connectivity index (χ0n) is 17.0. The predicted molar refractivity (Wildman–Crippen MR) is 121 cm³/mol. The third-order valence-corrected chi connectivity index (χ3v) is 8.44. The van der Waals surface area contributed by atoms with Crippen LogP contribution < -0.4 is 9.62 Å². The summed E-state index contributed by atoms with van der Waals surface area (Å²) in [5.74, 6) is 0.122. The molecule has 1 saturated heterocycles. The van der Waals surface area contributed by atoms with Crippen molar-refractivity contribution >= 4 is 33.2 Å². The number of likely N-dealkylation sites (tertiary alicyclic amines) is 1. The normalized spacial score (nSPS) is 17.6. The molecule has 5 nitrogen and oxygen atoms in total. The molecule has 2 aromatic carbocycles. The van der Waals surface area contributed by atoms with E-state index < -0.39 is 15.8 Å². The molecular weight excluding hydrogens is 421 g/mol. The van der Waals surface area contributed by atoms with E-state index in [0.717, 1.165) is 36.2 Å². The van der Waals surface area contributed by atoms with Crippen LogP contribution in [0.15, 0.2) is 52.3 Å². The second-order valence-corrected chi connectivity index (χ2v) is 10.7. The number of rotatable bonds is 7. The van der Waals surface area contributed by atoms with Crippen molar-refractivity contribution in [2.24, 2.45) is 0 Å². The van der Waals surface area contributed by atoms with Crippen molar-refractivity contribution in [2.75, 3.05) is 48.1 Å². The monoisotopic (exact) mass is 449 g/mol. The van der Waals surface area contributed by atoms with Crippen LogP contribution in [0.5, 0.6) is 0 Å². The zero-order chi connectivity index (χ0) is 21.0. The molecule has 0 amide bonds. The van der Waals surface area contributed by atoms with E-state index in [-0.39, 0.29) is 4.90 Å². The smallest absolute Gasteiger partial charge is 0.264 e. The Labute approximate surface area is 182 Å². The van der Waals surface area contributed by atoms with Crippen LogP contribution in [0.2, 0.25) is 0 Å². The molecule has 2 aliphatic rings. The molecule has 0 radical (unpaired) electrons. The molecule has 0 atom stereocenters. The maximum Gasteiger partial charge on any atom is 0.264 e. The van der Waals surface area contributed by atoms with Gasteiger partial charge in [0.15, 0.2) is 0 Å². The number of nitrogens with zero attached hydrogens (tertiary/aromatic N) is 2. The van der Waals surface area contributed by atoms with Crippen molar-refractivity contribution in [3.8, 4) is 0 Å². The van der Waals surface area contributed by atoms with Crippen molar-refractivity contribution in [1.29, 1.82) is 0 Å². The van der Waals surface area contributed by atoms with Gasteiger partial charge in [-0.15, -0.1) is 11.8 Å². The van der Waals surface area contributed by atoms with Gasteiger partial charge in [0.2, 0.25) is 0 Å². The Morgan fingerprint density at radius 2 is 1.87 bits per heavy atom. The Kier molecular flexibility index (Phi) is 6.85. The Bertz CT molecular complexity index is 978. The van der Waals surface area contributed by atoms with E-state index in [4.69, 9.17) is 0 Å². The molecule has 0 saturated carbocycles. The summed E-state index contributed by atoms with van der Waals surface area (Å²) in [5, 5.41) is 3.44. The fraction of sp³-hybridized carbons (Fsp3) is 0.455. The van der Waals surface area contributed by atoms with Gasteiger partial charge in [0.05, 0.1) is 10.6 Å². The second-order valence-electron chi connectivity index (χ2n) is 7.75. The summed E-state index contributed by atoms with van der Waals surface area (Å²) in [6, 6.07) is 11.1. The molecular formula is C22H28FN3O2S2. The van der Waals surface area contributed by atoms with E-state index >= 15 is 0 Å². The summed E-state index contributed by atoms with van der Waals surface area (Å²) < 4.78 is 41.4. The van der Waals surface area contributed by atoms with Gasteiger partial charge in [0, 0.05) is 29.4 Å². The van der Waals surface area contributed by atoms with E-state index in [2.05, 4.69) is 10.2 Å². The highest BCUT2D eigenvalue weighted by Gasteiger charge is 2.30. The van der Waals surface area contributed by atoms with Gasteiger partial charge in [-0.1, -0.05) is 12.5 Å². The zero-order valence-corrected chi connectivity index (χ0v) is 18.7. The summed E-state index contributed by atoms with van der Waals surface area (Å²) in [6.07, 6.45) is 4.99. The van der Waals surface area contributed by atoms with Gasteiger partial charge < -0.3 is 10.2 Å². The van der Waals surface area contributed by atoms with Crippen molar-refractivity contribution in [3.05, 3.63) is 48.3 Å². The summed E-state index contributed by atoms with van der Waals surface area (Å²) in [4.78, 5) is 3.43. The van der Waals surface area contributed by atoms with Crippen LogP contribution >= 0.6 is 11.8 Å². The van der Waals surface area contributed by atoms with Crippen LogP contribution in [-0.2, 0) is 10.0 Å². The number of thioether (sulfide) groups is 1. The van der Waals surface area contributed by atoms with Crippen LogP contribution in [0.25, 0.3) is 0 Å². The molecule has 0 unspecified atom stereocenters. The quantitative estimate of drug-likeness (QED) is 0.635. The van der Waals surface area contributed by atoms with Crippen LogP contribution in [0.3, 0.4) is 0 Å². The molecule has 0 aliphatic carbocycles. The molecule has 162 valence electrons. The molecule has 0 bridgehead atoms. The third kappa shape index (κ3) is 4.92. The Hall–Kier alpha value is -1.77. The topological polar surface area (TPSA) is 52.7 Å². The van der Waals surface area contributed by atoms with Gasteiger partial charge in [-0.05, 0) is 75.3 Å². The summed E-state index contributed by atoms with van der Waals surface area (Å²) in [7, 11) is -3.81. The Balaban J connectivity index is 1.46. The Morgan fingerprint density at radius 1 is 1.03 bits per heavy atom. The van der Waals surface area contributed by atoms with Crippen molar-refractivity contribution < 1.29 is 12.8 Å². The summed E-state index contributed by atoms with van der Waals surface area (Å²) in [5.41, 5.74) is 1.57. The molecule has 2 aliphatic heterocycles. The van der Waals surface area contributed by atoms with Crippen LogP contribution in [0.1, 0.15) is 25.7 Å². The first kappa shape index (κ1) is 21.5. The highest BCUT2D eigenvalue weighted by Crippen LogP contribution is 2.39. The first-order chi connectivity index (χ1) is 14.5. The van der Waals surface area contributed by atoms with Gasteiger partial charge >= 0.3 is 0 Å². The highest BCUT2D eigenvalue weighted by atomic mass is 32.2. The molecule has 2 aromatic rings. The van der Waals surface area contributed by atoms with Crippen LogP contribution in [0, 0.1) is 5.82 Å². The fourth-order valence-electron chi connectivity index (χ4n) is 4.03. The van der Waals surface area contributed by atoms with E-state index in [1.807, 2.05) is 18.2 Å². The first-order valence-electron chi connectivity index (χ1n) is 10.6. The lowest BCUT2D eigenvalue weighted by molar-refractivity contribution is 0.228. The van der Waals surface area contributed by atoms with Gasteiger partial charge in [-0.2, -0.15) is 0 Å². The predicted octanol–water partition coefficient (Wildman–Crippen LogP) is 4.41. The van der Waals surface area contributed by atoms with Crippen LogP contribution in [0.4, 0.5) is 15.8 Å². The lowest BCUT2D eigenvalue weighted by Gasteiger charge is -2.30. The van der Waals surface area contributed by atoms with E-state index in [0.29, 0.717) is 18.0 Å². The first-order valence-corrected chi connectivity index (χ1v) is 13.0. The van der Waals surface area contributed by atoms with Crippen molar-refractivity contribution in [3.63, 3.8) is 0 Å². The van der Waals surface area contributed by atoms with E-state index in [9.17, 15) is 12.8 Å². The minimum atomic E-state index is -3.81. The molecule has 8 heteroatoms. The number of hydrogen-bond donors (Lipinski definition) is 1. The number of anilines is 2. The number of piperidine rings is 1. The molecule has 0 spiro atoms. The second kappa shape index (κ2) is 9.58. The maximum atomic E-state index is 13.6. The SMILES string of the molecule is O=S(=O)(c1cccc(F)c1)N1CCSc2ccc(NCCCN3CCCCC3)cc21. The summed E-state index contributed by atoms with van der Waals surface area (Å²) in [6.45, 7) is 4.70. The minimum Gasteiger partial charge on any atom is -0.385 e. The molecule has 1 N–H and O–H groups in total. The lowest BCUT2D eigenvalue weighted by Crippen LogP contribution is -2.35. The van der Waals surface area contributed by atoms with Crippen molar-refractivity contribution in [2.45, 2.75) is 35.5 Å². The summed E-state index contributed by atoms with van der Waals surface area (Å²) >= 11 is 1.65. The third-order valence-electron chi connectivity index (χ3n) is 5.59. The van der Waals surface area contributed by atoms with Gasteiger partial charge in [-0.3, -0.25) is 4.31 Å². The standard InChI is InChI=1S/C22H28FN3O2S2/c23-18-6-4-7-20(16-18)30(27,28)26-14-15-29-22-9-8-19(17-21(22)26)24-10-5-13-25-11-2-1-3-12-25/h4,6-9,16-17,24H,1-3,5,10-15H2. The lowest BCUT2D eigenvalue weighted by atomic mass is 10.1. The number of fused-ring (bicyclic) bond motifs is 1. The largest absolute Gasteiger partial charge is 0.385 e. The number of benzene rings is 2. The fourth-order valence-corrected chi connectivity index (χ4v) is 6.68. The number of halogens is 1. The average Bonchev–Trinajstić information content (AvgIpc) is 2.77. The van der Waals surface area contributed by atoms with E-state index in [1.54, 1.807) is 11.8 Å². The number of hydrogen-bond acceptors (Lipinski definition) is 5. The number of sulfonamides is 1. The van der Waals surface area contributed by atoms with Gasteiger partial charge in [0.1, 0.15) is 5.82 Å². The maximum absolute atomic E-state index is 13.6. The molecule has 1 fully saturated rings. The van der Waals surface area contributed by atoms with Gasteiger partial charge in [-0.25, -0.2) is 12.8 Å². The highest BCUT2D eigenvalue weighted by molar-refractivity contribution is 8.00. The molecule has 30 heavy (non-hydrogen) atoms. The van der Waals surface area contributed by atoms with Crippen LogP contribution in [-0.4, -0.2) is 51.8 Å². The van der Waals surface area contributed by atoms with E-state index in [1.165, 1.54) is 54.9 Å². The van der Waals surface area contributed by atoms with Gasteiger partial charge in [0.25, 0.3) is 10.0 Å². The molecule has 4 rings (SSSR count). The number of nitrogens with one attached hydrogen (secondary N) is 1. The Morgan fingerprint density at radius 3 is 2.67 bits per heavy atom. The van der Waals surface area contributed by atoms with Crippen molar-refractivity contribution in [1.82, 2.24) is 4.90 Å². The molecule has 0 aromatic heterocycles. The minimum absolute atomic E-state index is 0.0137.